The third-order valence-corrected chi connectivity index (χ3v) is 3.63. The fourth-order valence-corrected chi connectivity index (χ4v) is 2.11. The number of benzene rings is 1. The Balaban J connectivity index is 2.55. The number of amides is 1. The van der Waals surface area contributed by atoms with Gasteiger partial charge < -0.3 is 15.4 Å². The average Bonchev–Trinajstić information content (AvgIpc) is 2.40. The summed E-state index contributed by atoms with van der Waals surface area (Å²) in [6, 6.07) is 2.70. The topological polar surface area (TPSA) is 50.4 Å². The van der Waals surface area contributed by atoms with Crippen LogP contribution in [-0.2, 0) is 9.53 Å². The molecule has 0 fully saturated rings. The quantitative estimate of drug-likeness (QED) is 0.589. The van der Waals surface area contributed by atoms with Gasteiger partial charge in [-0.2, -0.15) is 0 Å². The van der Waals surface area contributed by atoms with Gasteiger partial charge in [0.2, 0.25) is 5.91 Å². The molecule has 7 heteroatoms. The molecule has 0 radical (unpaired) electrons. The van der Waals surface area contributed by atoms with Crippen molar-refractivity contribution in [2.45, 2.75) is 19.4 Å². The fraction of sp³-hybridized carbons (Fsp3) is 0.462. The second kappa shape index (κ2) is 8.57. The summed E-state index contributed by atoms with van der Waals surface area (Å²) < 4.78 is 4.91. The van der Waals surface area contributed by atoms with Crippen molar-refractivity contribution in [3.05, 3.63) is 27.2 Å². The maximum absolute atomic E-state index is 11.9. The number of anilines is 1. The van der Waals surface area contributed by atoms with Crippen molar-refractivity contribution in [3.8, 4) is 0 Å². The van der Waals surface area contributed by atoms with Gasteiger partial charge in [0.25, 0.3) is 0 Å². The highest BCUT2D eigenvalue weighted by atomic mass is 35.5. The minimum Gasteiger partial charge on any atom is -0.385 e. The molecule has 0 aliphatic carbocycles. The average molecular weight is 340 g/mol. The molecule has 0 aliphatic rings. The van der Waals surface area contributed by atoms with Gasteiger partial charge in [-0.3, -0.25) is 4.79 Å². The van der Waals surface area contributed by atoms with Crippen LogP contribution in [0.4, 0.5) is 5.69 Å². The summed E-state index contributed by atoms with van der Waals surface area (Å²) in [7, 11) is 1.62. The van der Waals surface area contributed by atoms with Gasteiger partial charge in [0.05, 0.1) is 20.8 Å². The third-order valence-electron chi connectivity index (χ3n) is 2.60. The Hall–Kier alpha value is -0.680. The molecular weight excluding hydrogens is 323 g/mol. The molecule has 1 amide bonds. The predicted octanol–water partition coefficient (Wildman–Crippen LogP) is 3.60. The van der Waals surface area contributed by atoms with E-state index < -0.39 is 6.04 Å². The molecular formula is C13H17Cl3N2O2. The molecule has 0 heterocycles. The number of rotatable bonds is 7. The number of carbonyl (C=O) groups excluding carboxylic acids is 1. The van der Waals surface area contributed by atoms with Crippen LogP contribution in [0.5, 0.6) is 0 Å². The molecule has 20 heavy (non-hydrogen) atoms. The van der Waals surface area contributed by atoms with Crippen molar-refractivity contribution in [2.24, 2.45) is 0 Å². The van der Waals surface area contributed by atoms with Crippen molar-refractivity contribution in [2.75, 3.05) is 25.6 Å². The Morgan fingerprint density at radius 1 is 1.25 bits per heavy atom. The summed E-state index contributed by atoms with van der Waals surface area (Å²) in [5.74, 6) is -0.122. The SMILES string of the molecule is COCCCNC(=O)C(C)Nc1cc(Cl)c(Cl)cc1Cl. The van der Waals surface area contributed by atoms with Crippen molar-refractivity contribution in [3.63, 3.8) is 0 Å². The van der Waals surface area contributed by atoms with Gasteiger partial charge in [0.15, 0.2) is 0 Å². The third kappa shape index (κ3) is 5.37. The molecule has 1 unspecified atom stereocenters. The van der Waals surface area contributed by atoms with Crippen molar-refractivity contribution in [1.82, 2.24) is 5.32 Å². The molecule has 1 atom stereocenters. The first kappa shape index (κ1) is 17.4. The van der Waals surface area contributed by atoms with Gasteiger partial charge in [-0.25, -0.2) is 0 Å². The van der Waals surface area contributed by atoms with Crippen LogP contribution in [0.3, 0.4) is 0 Å². The first-order valence-electron chi connectivity index (χ1n) is 6.13. The predicted molar refractivity (Wildman–Crippen MR) is 84.1 cm³/mol. The van der Waals surface area contributed by atoms with E-state index in [9.17, 15) is 4.79 Å². The second-order valence-corrected chi connectivity index (χ2v) is 5.47. The number of nitrogens with one attached hydrogen (secondary N) is 2. The minimum absolute atomic E-state index is 0.122. The van der Waals surface area contributed by atoms with Crippen LogP contribution in [0.15, 0.2) is 12.1 Å². The number of ether oxygens (including phenoxy) is 1. The maximum atomic E-state index is 11.9. The molecule has 1 aromatic carbocycles. The lowest BCUT2D eigenvalue weighted by molar-refractivity contribution is -0.121. The first-order valence-corrected chi connectivity index (χ1v) is 7.26. The van der Waals surface area contributed by atoms with Gasteiger partial charge in [-0.05, 0) is 25.5 Å². The van der Waals surface area contributed by atoms with Gasteiger partial charge in [0.1, 0.15) is 6.04 Å². The van der Waals surface area contributed by atoms with Gasteiger partial charge in [0, 0.05) is 20.3 Å². The monoisotopic (exact) mass is 338 g/mol. The van der Waals surface area contributed by atoms with E-state index in [4.69, 9.17) is 39.5 Å². The Labute approximate surface area is 133 Å². The number of carbonyl (C=O) groups is 1. The van der Waals surface area contributed by atoms with E-state index >= 15 is 0 Å². The number of hydrogen-bond acceptors (Lipinski definition) is 3. The van der Waals surface area contributed by atoms with E-state index in [0.29, 0.717) is 33.9 Å². The molecule has 1 aromatic rings. The molecule has 1 rings (SSSR count). The van der Waals surface area contributed by atoms with Crippen molar-refractivity contribution >= 4 is 46.4 Å². The first-order chi connectivity index (χ1) is 9.45. The minimum atomic E-state index is -0.438. The maximum Gasteiger partial charge on any atom is 0.242 e. The van der Waals surface area contributed by atoms with E-state index in [1.807, 2.05) is 0 Å². The van der Waals surface area contributed by atoms with Gasteiger partial charge in [-0.1, -0.05) is 34.8 Å². The van der Waals surface area contributed by atoms with Crippen LogP contribution in [0.25, 0.3) is 0 Å². The highest BCUT2D eigenvalue weighted by Crippen LogP contribution is 2.32. The highest BCUT2D eigenvalue weighted by molar-refractivity contribution is 6.44. The summed E-state index contributed by atoms with van der Waals surface area (Å²) in [6.45, 7) is 2.92. The fourth-order valence-electron chi connectivity index (χ4n) is 1.51. The van der Waals surface area contributed by atoms with Crippen LogP contribution in [0.2, 0.25) is 15.1 Å². The van der Waals surface area contributed by atoms with Crippen LogP contribution < -0.4 is 10.6 Å². The molecule has 4 nitrogen and oxygen atoms in total. The molecule has 0 aromatic heterocycles. The van der Waals surface area contributed by atoms with Crippen LogP contribution in [0.1, 0.15) is 13.3 Å². The van der Waals surface area contributed by atoms with E-state index in [0.717, 1.165) is 6.42 Å². The zero-order chi connectivity index (χ0) is 15.1. The van der Waals surface area contributed by atoms with E-state index in [1.165, 1.54) is 6.07 Å². The summed E-state index contributed by atoms with van der Waals surface area (Å²) in [4.78, 5) is 11.9. The molecule has 0 bridgehead atoms. The zero-order valence-corrected chi connectivity index (χ0v) is 13.6. The number of hydrogen-bond donors (Lipinski definition) is 2. The normalized spacial score (nSPS) is 12.1. The lowest BCUT2D eigenvalue weighted by Crippen LogP contribution is -2.38. The summed E-state index contributed by atoms with van der Waals surface area (Å²) in [5, 5.41) is 6.97. The molecule has 0 aliphatic heterocycles. The van der Waals surface area contributed by atoms with Gasteiger partial charge >= 0.3 is 0 Å². The van der Waals surface area contributed by atoms with Crippen LogP contribution in [-0.4, -0.2) is 32.2 Å². The molecule has 112 valence electrons. The highest BCUT2D eigenvalue weighted by Gasteiger charge is 2.14. The number of methoxy groups -OCH3 is 1. The lowest BCUT2D eigenvalue weighted by Gasteiger charge is -2.16. The number of halogens is 3. The van der Waals surface area contributed by atoms with Gasteiger partial charge in [-0.15, -0.1) is 0 Å². The second-order valence-electron chi connectivity index (χ2n) is 4.25. The molecule has 2 N–H and O–H groups in total. The van der Waals surface area contributed by atoms with Crippen LogP contribution >= 0.6 is 34.8 Å². The van der Waals surface area contributed by atoms with E-state index in [1.54, 1.807) is 20.1 Å². The Kier molecular flexibility index (Phi) is 7.45. The summed E-state index contributed by atoms with van der Waals surface area (Å²) in [5.41, 5.74) is 0.570. The van der Waals surface area contributed by atoms with E-state index in [-0.39, 0.29) is 5.91 Å². The molecule has 0 saturated heterocycles. The van der Waals surface area contributed by atoms with E-state index in [2.05, 4.69) is 10.6 Å². The Morgan fingerprint density at radius 2 is 1.90 bits per heavy atom. The van der Waals surface area contributed by atoms with Crippen LogP contribution in [0, 0.1) is 0 Å². The Morgan fingerprint density at radius 3 is 2.55 bits per heavy atom. The lowest BCUT2D eigenvalue weighted by atomic mass is 10.2. The standard InChI is InChI=1S/C13H17Cl3N2O2/c1-8(13(19)17-4-3-5-20-2)18-12-7-10(15)9(14)6-11(12)16/h6-8,18H,3-5H2,1-2H3,(H,17,19). The zero-order valence-electron chi connectivity index (χ0n) is 11.3. The smallest absolute Gasteiger partial charge is 0.242 e. The molecule has 0 saturated carbocycles. The summed E-state index contributed by atoms with van der Waals surface area (Å²) in [6.07, 6.45) is 0.766. The molecule has 0 spiro atoms. The Bertz CT molecular complexity index is 469. The van der Waals surface area contributed by atoms with Crippen molar-refractivity contribution in [1.29, 1.82) is 0 Å². The largest absolute Gasteiger partial charge is 0.385 e. The van der Waals surface area contributed by atoms with Crippen molar-refractivity contribution < 1.29 is 9.53 Å². The summed E-state index contributed by atoms with van der Waals surface area (Å²) >= 11 is 17.8.